The molecule has 1 N–H and O–H groups in total. The molecule has 0 saturated heterocycles. The van der Waals surface area contributed by atoms with E-state index in [-0.39, 0.29) is 0 Å². The molecule has 1 aromatic heterocycles. The first-order chi connectivity index (χ1) is 8.63. The van der Waals surface area contributed by atoms with Gasteiger partial charge in [-0.1, -0.05) is 27.7 Å². The van der Waals surface area contributed by atoms with E-state index >= 15 is 0 Å². The Morgan fingerprint density at radius 2 is 1.78 bits per heavy atom. The quantitative estimate of drug-likeness (QED) is 0.765. The van der Waals surface area contributed by atoms with E-state index in [0.717, 1.165) is 31.1 Å². The van der Waals surface area contributed by atoms with Crippen LogP contribution in [0.4, 0.5) is 0 Å². The molecule has 2 atom stereocenters. The predicted molar refractivity (Wildman–Crippen MR) is 76.3 cm³/mol. The third kappa shape index (κ3) is 5.58. The van der Waals surface area contributed by atoms with Crippen LogP contribution in [-0.2, 0) is 0 Å². The van der Waals surface area contributed by atoms with Crippen LogP contribution < -0.4 is 5.32 Å². The summed E-state index contributed by atoms with van der Waals surface area (Å²) in [6.45, 7) is 10.1. The number of nitrogens with zero attached hydrogens (tertiary/aromatic N) is 2. The summed E-state index contributed by atoms with van der Waals surface area (Å²) in [5.74, 6) is 2.38. The van der Waals surface area contributed by atoms with E-state index in [9.17, 15) is 0 Å². The van der Waals surface area contributed by atoms with Gasteiger partial charge in [0.05, 0.1) is 6.04 Å². The van der Waals surface area contributed by atoms with E-state index in [1.54, 1.807) is 0 Å². The minimum atomic E-state index is 0.292. The van der Waals surface area contributed by atoms with E-state index in [0.29, 0.717) is 12.0 Å². The van der Waals surface area contributed by atoms with Gasteiger partial charge in [-0.15, -0.1) is 0 Å². The molecular weight excluding hydrogens is 222 g/mol. The van der Waals surface area contributed by atoms with Crippen LogP contribution in [0.2, 0.25) is 0 Å². The summed E-state index contributed by atoms with van der Waals surface area (Å²) in [4.78, 5) is 8.78. The van der Waals surface area contributed by atoms with Gasteiger partial charge in [0.15, 0.2) is 0 Å². The van der Waals surface area contributed by atoms with Gasteiger partial charge in [-0.05, 0) is 43.7 Å². The number of rotatable bonds is 8. The number of hydrogen-bond donors (Lipinski definition) is 1. The van der Waals surface area contributed by atoms with Crippen LogP contribution in [0.15, 0.2) is 18.5 Å². The van der Waals surface area contributed by atoms with Gasteiger partial charge in [0.25, 0.3) is 0 Å². The van der Waals surface area contributed by atoms with E-state index in [1.165, 1.54) is 6.42 Å². The lowest BCUT2D eigenvalue weighted by molar-refractivity contribution is 0.348. The SMILES string of the molecule is CCCNC(CC(C)CC(C)C)c1ncccn1. The molecule has 18 heavy (non-hydrogen) atoms. The van der Waals surface area contributed by atoms with Crippen LogP contribution in [0, 0.1) is 11.8 Å². The molecule has 102 valence electrons. The van der Waals surface area contributed by atoms with Crippen molar-refractivity contribution in [2.24, 2.45) is 11.8 Å². The van der Waals surface area contributed by atoms with Gasteiger partial charge < -0.3 is 5.32 Å². The monoisotopic (exact) mass is 249 g/mol. The van der Waals surface area contributed by atoms with E-state index < -0.39 is 0 Å². The summed E-state index contributed by atoms with van der Waals surface area (Å²) >= 11 is 0. The highest BCUT2D eigenvalue weighted by molar-refractivity contribution is 4.96. The molecule has 1 aromatic rings. The summed E-state index contributed by atoms with van der Waals surface area (Å²) in [6.07, 6.45) is 7.17. The Bertz CT molecular complexity index is 311. The lowest BCUT2D eigenvalue weighted by Gasteiger charge is -2.22. The normalized spacial score (nSPS) is 14.7. The van der Waals surface area contributed by atoms with Gasteiger partial charge in [0, 0.05) is 12.4 Å². The van der Waals surface area contributed by atoms with Crippen molar-refractivity contribution in [2.45, 2.75) is 53.0 Å². The molecule has 1 rings (SSSR count). The first-order valence-corrected chi connectivity index (χ1v) is 7.13. The molecule has 2 unspecified atom stereocenters. The predicted octanol–water partition coefficient (Wildman–Crippen LogP) is 3.59. The van der Waals surface area contributed by atoms with Crippen molar-refractivity contribution in [1.82, 2.24) is 15.3 Å². The number of aromatic nitrogens is 2. The Balaban J connectivity index is 2.61. The van der Waals surface area contributed by atoms with Crippen molar-refractivity contribution < 1.29 is 0 Å². The molecule has 0 aromatic carbocycles. The fourth-order valence-electron chi connectivity index (χ4n) is 2.39. The highest BCUT2D eigenvalue weighted by Gasteiger charge is 2.17. The number of hydrogen-bond acceptors (Lipinski definition) is 3. The van der Waals surface area contributed by atoms with Crippen LogP contribution in [0.1, 0.15) is 58.8 Å². The largest absolute Gasteiger partial charge is 0.307 e. The lowest BCUT2D eigenvalue weighted by atomic mass is 9.92. The van der Waals surface area contributed by atoms with Gasteiger partial charge in [-0.3, -0.25) is 0 Å². The molecule has 0 bridgehead atoms. The highest BCUT2D eigenvalue weighted by Crippen LogP contribution is 2.23. The van der Waals surface area contributed by atoms with Crippen molar-refractivity contribution in [2.75, 3.05) is 6.54 Å². The molecular formula is C15H27N3. The van der Waals surface area contributed by atoms with Crippen molar-refractivity contribution in [3.05, 3.63) is 24.3 Å². The number of nitrogens with one attached hydrogen (secondary N) is 1. The molecule has 1 heterocycles. The zero-order valence-corrected chi connectivity index (χ0v) is 12.2. The van der Waals surface area contributed by atoms with Crippen LogP contribution in [0.3, 0.4) is 0 Å². The second-order valence-electron chi connectivity index (χ2n) is 5.58. The molecule has 3 heteroatoms. The minimum absolute atomic E-state index is 0.292. The molecule has 0 amide bonds. The lowest BCUT2D eigenvalue weighted by Crippen LogP contribution is -2.26. The van der Waals surface area contributed by atoms with Crippen LogP contribution >= 0.6 is 0 Å². The highest BCUT2D eigenvalue weighted by atomic mass is 15.0. The average Bonchev–Trinajstić information content (AvgIpc) is 2.34. The first-order valence-electron chi connectivity index (χ1n) is 7.13. The average molecular weight is 249 g/mol. The third-order valence-electron chi connectivity index (χ3n) is 3.05. The fraction of sp³-hybridized carbons (Fsp3) is 0.733. The fourth-order valence-corrected chi connectivity index (χ4v) is 2.39. The zero-order valence-electron chi connectivity index (χ0n) is 12.2. The second kappa shape index (κ2) is 8.20. The molecule has 0 fully saturated rings. The summed E-state index contributed by atoms with van der Waals surface area (Å²) in [6, 6.07) is 2.16. The molecule has 0 spiro atoms. The van der Waals surface area contributed by atoms with E-state index in [4.69, 9.17) is 0 Å². The van der Waals surface area contributed by atoms with Gasteiger partial charge in [-0.2, -0.15) is 0 Å². The maximum atomic E-state index is 4.39. The topological polar surface area (TPSA) is 37.8 Å². The first kappa shape index (κ1) is 15.1. The Hall–Kier alpha value is -0.960. The third-order valence-corrected chi connectivity index (χ3v) is 3.05. The molecule has 0 radical (unpaired) electrons. The molecule has 0 aliphatic rings. The van der Waals surface area contributed by atoms with Crippen molar-refractivity contribution in [3.63, 3.8) is 0 Å². The maximum absolute atomic E-state index is 4.39. The Morgan fingerprint density at radius 3 is 2.33 bits per heavy atom. The van der Waals surface area contributed by atoms with Crippen LogP contribution in [0.25, 0.3) is 0 Å². The Labute approximate surface area is 111 Å². The van der Waals surface area contributed by atoms with Crippen molar-refractivity contribution in [3.8, 4) is 0 Å². The summed E-state index contributed by atoms with van der Waals surface area (Å²) in [5.41, 5.74) is 0. The van der Waals surface area contributed by atoms with Gasteiger partial charge in [0.2, 0.25) is 0 Å². The van der Waals surface area contributed by atoms with Crippen LogP contribution in [-0.4, -0.2) is 16.5 Å². The Kier molecular flexibility index (Phi) is 6.88. The molecule has 0 aliphatic carbocycles. The smallest absolute Gasteiger partial charge is 0.145 e. The van der Waals surface area contributed by atoms with E-state index in [2.05, 4.69) is 43.0 Å². The zero-order chi connectivity index (χ0) is 13.4. The second-order valence-corrected chi connectivity index (χ2v) is 5.58. The van der Waals surface area contributed by atoms with Crippen molar-refractivity contribution >= 4 is 0 Å². The van der Waals surface area contributed by atoms with Crippen LogP contribution in [0.5, 0.6) is 0 Å². The standard InChI is InChI=1S/C15H27N3/c1-5-7-16-14(11-13(4)10-12(2)3)15-17-8-6-9-18-15/h6,8-9,12-14,16H,5,7,10-11H2,1-4H3. The van der Waals surface area contributed by atoms with Crippen molar-refractivity contribution in [1.29, 1.82) is 0 Å². The Morgan fingerprint density at radius 1 is 1.11 bits per heavy atom. The summed E-state index contributed by atoms with van der Waals surface area (Å²) in [5, 5.41) is 3.56. The molecule has 3 nitrogen and oxygen atoms in total. The summed E-state index contributed by atoms with van der Waals surface area (Å²) in [7, 11) is 0. The van der Waals surface area contributed by atoms with Gasteiger partial charge in [0.1, 0.15) is 5.82 Å². The summed E-state index contributed by atoms with van der Waals surface area (Å²) < 4.78 is 0. The van der Waals surface area contributed by atoms with Gasteiger partial charge >= 0.3 is 0 Å². The van der Waals surface area contributed by atoms with E-state index in [1.807, 2.05) is 18.5 Å². The van der Waals surface area contributed by atoms with Gasteiger partial charge in [-0.25, -0.2) is 9.97 Å². The molecule has 0 aliphatic heterocycles. The maximum Gasteiger partial charge on any atom is 0.145 e. The molecule has 0 saturated carbocycles. The minimum Gasteiger partial charge on any atom is -0.307 e.